The van der Waals surface area contributed by atoms with Gasteiger partial charge in [0.1, 0.15) is 0 Å². The Morgan fingerprint density at radius 2 is 1.68 bits per heavy atom. The first kappa shape index (κ1) is 17.0. The first-order valence-electron chi connectivity index (χ1n) is 9.38. The molecule has 1 aliphatic heterocycles. The molecule has 25 heavy (non-hydrogen) atoms. The summed E-state index contributed by atoms with van der Waals surface area (Å²) in [5, 5.41) is 0. The minimum absolute atomic E-state index is 0.282. The Bertz CT molecular complexity index is 620. The van der Waals surface area contributed by atoms with Crippen molar-refractivity contribution in [3.8, 4) is 17.2 Å². The van der Waals surface area contributed by atoms with Crippen molar-refractivity contribution >= 4 is 0 Å². The Labute approximate surface area is 150 Å². The zero-order valence-corrected chi connectivity index (χ0v) is 15.8. The fourth-order valence-electron chi connectivity index (χ4n) is 5.03. The van der Waals surface area contributed by atoms with E-state index in [4.69, 9.17) is 14.2 Å². The lowest BCUT2D eigenvalue weighted by molar-refractivity contribution is 0.171. The van der Waals surface area contributed by atoms with Gasteiger partial charge in [-0.1, -0.05) is 0 Å². The fraction of sp³-hybridized carbons (Fsp3) is 0.700. The Kier molecular flexibility index (Phi) is 4.54. The van der Waals surface area contributed by atoms with Crippen LogP contribution < -0.4 is 14.2 Å². The molecular formula is C20H30N2O3. The van der Waals surface area contributed by atoms with Gasteiger partial charge in [-0.25, -0.2) is 0 Å². The third-order valence-electron chi connectivity index (χ3n) is 6.47. The van der Waals surface area contributed by atoms with E-state index >= 15 is 0 Å². The maximum atomic E-state index is 5.56. The highest BCUT2D eigenvalue weighted by Crippen LogP contribution is 2.47. The number of hydrogen-bond acceptors (Lipinski definition) is 5. The van der Waals surface area contributed by atoms with Gasteiger partial charge < -0.3 is 19.1 Å². The van der Waals surface area contributed by atoms with Crippen LogP contribution >= 0.6 is 0 Å². The van der Waals surface area contributed by atoms with Gasteiger partial charge in [0.05, 0.1) is 7.11 Å². The second-order valence-corrected chi connectivity index (χ2v) is 8.18. The van der Waals surface area contributed by atoms with Crippen molar-refractivity contribution in [2.24, 2.45) is 11.8 Å². The largest absolute Gasteiger partial charge is 0.493 e. The molecule has 2 unspecified atom stereocenters. The zero-order valence-electron chi connectivity index (χ0n) is 15.8. The van der Waals surface area contributed by atoms with Crippen LogP contribution in [0.4, 0.5) is 0 Å². The van der Waals surface area contributed by atoms with Crippen LogP contribution in [-0.2, 0) is 6.54 Å². The van der Waals surface area contributed by atoms with E-state index in [1.807, 2.05) is 0 Å². The quantitative estimate of drug-likeness (QED) is 0.819. The molecule has 0 aromatic heterocycles. The molecule has 2 aliphatic carbocycles. The van der Waals surface area contributed by atoms with E-state index in [9.17, 15) is 0 Å². The van der Waals surface area contributed by atoms with Crippen molar-refractivity contribution in [2.75, 3.05) is 35.0 Å². The topological polar surface area (TPSA) is 34.2 Å². The highest BCUT2D eigenvalue weighted by Gasteiger charge is 2.43. The summed E-state index contributed by atoms with van der Waals surface area (Å²) in [4.78, 5) is 4.93. The van der Waals surface area contributed by atoms with Gasteiger partial charge >= 0.3 is 0 Å². The van der Waals surface area contributed by atoms with Gasteiger partial charge in [-0.3, -0.25) is 4.90 Å². The first-order valence-corrected chi connectivity index (χ1v) is 9.38. The molecule has 1 heterocycles. The van der Waals surface area contributed by atoms with Crippen LogP contribution in [0.2, 0.25) is 0 Å². The van der Waals surface area contributed by atoms with Crippen molar-refractivity contribution in [2.45, 2.75) is 44.3 Å². The van der Waals surface area contributed by atoms with Crippen LogP contribution in [0.1, 0.15) is 31.2 Å². The molecule has 138 valence electrons. The van der Waals surface area contributed by atoms with E-state index in [2.05, 4.69) is 43.1 Å². The fourth-order valence-corrected chi connectivity index (χ4v) is 5.03. The highest BCUT2D eigenvalue weighted by atomic mass is 16.7. The van der Waals surface area contributed by atoms with Gasteiger partial charge in [-0.2, -0.15) is 0 Å². The molecule has 2 saturated carbocycles. The van der Waals surface area contributed by atoms with Crippen LogP contribution in [0.5, 0.6) is 17.2 Å². The zero-order chi connectivity index (χ0) is 17.6. The average molecular weight is 346 g/mol. The van der Waals surface area contributed by atoms with E-state index in [-0.39, 0.29) is 6.79 Å². The molecule has 5 nitrogen and oxygen atoms in total. The lowest BCUT2D eigenvalue weighted by Crippen LogP contribution is -2.31. The molecule has 5 heteroatoms. The summed E-state index contributed by atoms with van der Waals surface area (Å²) in [5.41, 5.74) is 1.23. The molecule has 2 fully saturated rings. The third-order valence-corrected chi connectivity index (χ3v) is 6.47. The van der Waals surface area contributed by atoms with E-state index in [1.54, 1.807) is 7.11 Å². The van der Waals surface area contributed by atoms with Crippen LogP contribution in [0, 0.1) is 11.8 Å². The maximum Gasteiger partial charge on any atom is 0.231 e. The van der Waals surface area contributed by atoms with Crippen molar-refractivity contribution in [3.05, 3.63) is 17.7 Å². The molecule has 4 atom stereocenters. The minimum Gasteiger partial charge on any atom is -0.493 e. The molecule has 0 spiro atoms. The second-order valence-electron chi connectivity index (χ2n) is 8.18. The number of rotatable bonds is 5. The van der Waals surface area contributed by atoms with Crippen LogP contribution in [0.3, 0.4) is 0 Å². The van der Waals surface area contributed by atoms with Gasteiger partial charge in [0, 0.05) is 18.6 Å². The van der Waals surface area contributed by atoms with E-state index in [1.165, 1.54) is 31.2 Å². The smallest absolute Gasteiger partial charge is 0.231 e. The molecule has 0 amide bonds. The molecule has 0 N–H and O–H groups in total. The van der Waals surface area contributed by atoms with Crippen LogP contribution in [-0.4, -0.2) is 56.9 Å². The average Bonchev–Trinajstić information content (AvgIpc) is 3.27. The summed E-state index contributed by atoms with van der Waals surface area (Å²) in [7, 11) is 8.39. The standard InChI is InChI=1S/C20H30N2O3/c1-21(2)16-7-14-9-17(10-15(14)8-16)22(3)11-13-5-18(23-4)20-19(6-13)24-12-25-20/h5-6,14-17H,7-12H2,1-4H3/t14-,15+,16?,17?. The Balaban J connectivity index is 1.40. The Morgan fingerprint density at radius 1 is 1.00 bits per heavy atom. The summed E-state index contributed by atoms with van der Waals surface area (Å²) < 4.78 is 16.5. The minimum atomic E-state index is 0.282. The SMILES string of the molecule is COc1cc(CN(C)C2C[C@H]3CC(N(C)C)C[C@H]3C2)cc2c1OCO2. The molecule has 1 aromatic rings. The lowest BCUT2D eigenvalue weighted by atomic mass is 10.0. The number of ether oxygens (including phenoxy) is 3. The molecule has 3 aliphatic rings. The number of nitrogens with zero attached hydrogens (tertiary/aromatic N) is 2. The maximum absolute atomic E-state index is 5.56. The number of hydrogen-bond donors (Lipinski definition) is 0. The van der Waals surface area contributed by atoms with Crippen LogP contribution in [0.15, 0.2) is 12.1 Å². The predicted molar refractivity (Wildman–Crippen MR) is 97.3 cm³/mol. The predicted octanol–water partition coefficient (Wildman–Crippen LogP) is 2.97. The van der Waals surface area contributed by atoms with E-state index in [0.717, 1.165) is 41.7 Å². The molecule has 0 radical (unpaired) electrons. The van der Waals surface area contributed by atoms with Gasteiger partial charge in [-0.15, -0.1) is 0 Å². The number of benzene rings is 1. The third kappa shape index (κ3) is 3.20. The van der Waals surface area contributed by atoms with E-state index < -0.39 is 0 Å². The van der Waals surface area contributed by atoms with Crippen LogP contribution in [0.25, 0.3) is 0 Å². The van der Waals surface area contributed by atoms with Crippen molar-refractivity contribution in [1.29, 1.82) is 0 Å². The van der Waals surface area contributed by atoms with Gasteiger partial charge in [-0.05, 0) is 76.4 Å². The van der Waals surface area contributed by atoms with Gasteiger partial charge in [0.2, 0.25) is 12.5 Å². The summed E-state index contributed by atoms with van der Waals surface area (Å²) in [6.45, 7) is 1.21. The lowest BCUT2D eigenvalue weighted by Gasteiger charge is -2.27. The van der Waals surface area contributed by atoms with Crippen molar-refractivity contribution < 1.29 is 14.2 Å². The normalized spacial score (nSPS) is 30.3. The molecule has 4 rings (SSSR count). The Morgan fingerprint density at radius 3 is 2.32 bits per heavy atom. The van der Waals surface area contributed by atoms with E-state index in [0.29, 0.717) is 6.04 Å². The summed E-state index contributed by atoms with van der Waals surface area (Å²) >= 11 is 0. The number of methoxy groups -OCH3 is 1. The van der Waals surface area contributed by atoms with Crippen molar-refractivity contribution in [3.63, 3.8) is 0 Å². The second kappa shape index (κ2) is 6.69. The molecule has 0 saturated heterocycles. The van der Waals surface area contributed by atoms with Gasteiger partial charge in [0.15, 0.2) is 11.5 Å². The summed E-state index contributed by atoms with van der Waals surface area (Å²) in [6, 6.07) is 5.66. The summed E-state index contributed by atoms with van der Waals surface area (Å²) in [6.07, 6.45) is 5.43. The molecule has 1 aromatic carbocycles. The first-order chi connectivity index (χ1) is 12.0. The van der Waals surface area contributed by atoms with Crippen molar-refractivity contribution in [1.82, 2.24) is 9.80 Å². The number of fused-ring (bicyclic) bond motifs is 2. The Hall–Kier alpha value is -1.46. The molecule has 0 bridgehead atoms. The monoisotopic (exact) mass is 346 g/mol. The highest BCUT2D eigenvalue weighted by molar-refractivity contribution is 5.55. The van der Waals surface area contributed by atoms with Gasteiger partial charge in [0.25, 0.3) is 0 Å². The molecular weight excluding hydrogens is 316 g/mol. The summed E-state index contributed by atoms with van der Waals surface area (Å²) in [5.74, 6) is 4.13.